The molecule has 0 aliphatic carbocycles. The molecule has 1 aromatic heterocycles. The Hall–Kier alpha value is -3.32. The van der Waals surface area contributed by atoms with Crippen molar-refractivity contribution in [3.63, 3.8) is 0 Å². The number of hydrogen-bond acceptors (Lipinski definition) is 5. The Bertz CT molecular complexity index is 1040. The summed E-state index contributed by atoms with van der Waals surface area (Å²) in [4.78, 5) is 27.1. The van der Waals surface area contributed by atoms with Crippen molar-refractivity contribution in [2.75, 3.05) is 31.1 Å². The van der Waals surface area contributed by atoms with E-state index in [0.717, 1.165) is 5.69 Å². The van der Waals surface area contributed by atoms with Crippen LogP contribution in [0.3, 0.4) is 0 Å². The lowest BCUT2D eigenvalue weighted by molar-refractivity contribution is -0.384. The number of furan rings is 1. The van der Waals surface area contributed by atoms with Crippen LogP contribution >= 0.6 is 11.6 Å². The van der Waals surface area contributed by atoms with Crippen LogP contribution in [0.2, 0.25) is 5.02 Å². The van der Waals surface area contributed by atoms with Gasteiger partial charge in [0.15, 0.2) is 5.76 Å². The van der Waals surface area contributed by atoms with E-state index in [9.17, 15) is 14.9 Å². The Morgan fingerprint density at radius 2 is 1.72 bits per heavy atom. The number of nitro benzene ring substituents is 1. The number of rotatable bonds is 4. The molecular weight excluding hydrogens is 394 g/mol. The molecule has 8 heteroatoms. The first-order valence-corrected chi connectivity index (χ1v) is 9.53. The zero-order valence-electron chi connectivity index (χ0n) is 15.5. The predicted octanol–water partition coefficient (Wildman–Crippen LogP) is 4.47. The number of carbonyl (C=O) groups excluding carboxylic acids is 1. The van der Waals surface area contributed by atoms with Gasteiger partial charge < -0.3 is 14.2 Å². The molecule has 29 heavy (non-hydrogen) atoms. The second kappa shape index (κ2) is 7.97. The maximum atomic E-state index is 12.8. The lowest BCUT2D eigenvalue weighted by Crippen LogP contribution is -2.48. The van der Waals surface area contributed by atoms with Crippen molar-refractivity contribution >= 4 is 28.9 Å². The molecule has 1 amide bonds. The van der Waals surface area contributed by atoms with E-state index in [0.29, 0.717) is 42.5 Å². The summed E-state index contributed by atoms with van der Waals surface area (Å²) in [5.74, 6) is 0.597. The third kappa shape index (κ3) is 4.09. The quantitative estimate of drug-likeness (QED) is 0.467. The van der Waals surface area contributed by atoms with Gasteiger partial charge >= 0.3 is 0 Å². The number of nitrogens with zero attached hydrogens (tertiary/aromatic N) is 3. The Balaban J connectivity index is 1.41. The summed E-state index contributed by atoms with van der Waals surface area (Å²) in [5, 5.41) is 11.5. The van der Waals surface area contributed by atoms with Crippen LogP contribution in [0.4, 0.5) is 11.4 Å². The lowest BCUT2D eigenvalue weighted by Gasteiger charge is -2.35. The summed E-state index contributed by atoms with van der Waals surface area (Å²) in [6.07, 6.45) is 0. The smallest absolute Gasteiger partial charge is 0.289 e. The third-order valence-corrected chi connectivity index (χ3v) is 5.15. The van der Waals surface area contributed by atoms with E-state index in [2.05, 4.69) is 4.90 Å². The average Bonchev–Trinajstić information content (AvgIpc) is 3.24. The fourth-order valence-electron chi connectivity index (χ4n) is 3.35. The summed E-state index contributed by atoms with van der Waals surface area (Å²) in [6, 6.07) is 17.1. The van der Waals surface area contributed by atoms with Gasteiger partial charge in [-0.15, -0.1) is 0 Å². The van der Waals surface area contributed by atoms with Crippen LogP contribution in [-0.2, 0) is 0 Å². The zero-order chi connectivity index (χ0) is 20.4. The molecule has 0 N–H and O–H groups in total. The van der Waals surface area contributed by atoms with Gasteiger partial charge in [-0.05, 0) is 42.5 Å². The minimum Gasteiger partial charge on any atom is -0.451 e. The molecule has 0 saturated carbocycles. The van der Waals surface area contributed by atoms with Crippen molar-refractivity contribution in [3.8, 4) is 11.3 Å². The summed E-state index contributed by atoms with van der Waals surface area (Å²) in [5.41, 5.74) is 1.73. The molecule has 2 aromatic carbocycles. The minimum atomic E-state index is -0.454. The van der Waals surface area contributed by atoms with Crippen LogP contribution in [0.15, 0.2) is 65.1 Å². The topological polar surface area (TPSA) is 79.8 Å². The standard InChI is InChI=1S/C21H18ClN3O4/c22-16-2-1-3-18(14-16)23-10-12-24(13-11-23)21(26)20-9-8-19(29-20)15-4-6-17(7-5-15)25(27)28/h1-9,14H,10-13H2. The van der Waals surface area contributed by atoms with Crippen LogP contribution in [0.1, 0.15) is 10.6 Å². The Kier molecular flexibility index (Phi) is 5.22. The van der Waals surface area contributed by atoms with E-state index in [4.69, 9.17) is 16.0 Å². The fraction of sp³-hybridized carbons (Fsp3) is 0.190. The average molecular weight is 412 g/mol. The predicted molar refractivity (Wildman–Crippen MR) is 110 cm³/mol. The summed E-state index contributed by atoms with van der Waals surface area (Å²) in [6.45, 7) is 2.59. The van der Waals surface area contributed by atoms with Crippen LogP contribution < -0.4 is 4.90 Å². The molecule has 148 valence electrons. The maximum absolute atomic E-state index is 12.8. The highest BCUT2D eigenvalue weighted by Gasteiger charge is 2.24. The largest absolute Gasteiger partial charge is 0.451 e. The van der Waals surface area contributed by atoms with Gasteiger partial charge in [0.1, 0.15) is 5.76 Å². The monoisotopic (exact) mass is 411 g/mol. The number of hydrogen-bond donors (Lipinski definition) is 0. The Morgan fingerprint density at radius 1 is 1.00 bits per heavy atom. The van der Waals surface area contributed by atoms with Crippen LogP contribution in [-0.4, -0.2) is 41.9 Å². The minimum absolute atomic E-state index is 0.00850. The number of piperazine rings is 1. The van der Waals surface area contributed by atoms with Crippen molar-refractivity contribution in [1.29, 1.82) is 0 Å². The first-order valence-electron chi connectivity index (χ1n) is 9.16. The lowest BCUT2D eigenvalue weighted by atomic mass is 10.1. The van der Waals surface area contributed by atoms with E-state index in [-0.39, 0.29) is 17.4 Å². The molecule has 0 spiro atoms. The molecule has 1 aliphatic heterocycles. The molecule has 7 nitrogen and oxygen atoms in total. The van der Waals surface area contributed by atoms with Gasteiger partial charge in [0.25, 0.3) is 11.6 Å². The van der Waals surface area contributed by atoms with Gasteiger partial charge in [-0.1, -0.05) is 17.7 Å². The normalized spacial score (nSPS) is 14.1. The number of nitro groups is 1. The molecule has 1 fully saturated rings. The van der Waals surface area contributed by atoms with Gasteiger partial charge in [-0.3, -0.25) is 14.9 Å². The van der Waals surface area contributed by atoms with Crippen molar-refractivity contribution in [2.24, 2.45) is 0 Å². The molecule has 0 radical (unpaired) electrons. The van der Waals surface area contributed by atoms with Crippen molar-refractivity contribution in [2.45, 2.75) is 0 Å². The maximum Gasteiger partial charge on any atom is 0.289 e. The van der Waals surface area contributed by atoms with Gasteiger partial charge in [-0.2, -0.15) is 0 Å². The van der Waals surface area contributed by atoms with E-state index in [1.807, 2.05) is 24.3 Å². The second-order valence-electron chi connectivity index (χ2n) is 6.73. The van der Waals surface area contributed by atoms with Gasteiger partial charge in [0, 0.05) is 54.6 Å². The molecule has 0 bridgehead atoms. The SMILES string of the molecule is O=C(c1ccc(-c2ccc([N+](=O)[O-])cc2)o1)N1CCN(c2cccc(Cl)c2)CC1. The van der Waals surface area contributed by atoms with Gasteiger partial charge in [0.05, 0.1) is 4.92 Å². The molecule has 1 aliphatic rings. The fourth-order valence-corrected chi connectivity index (χ4v) is 3.54. The van der Waals surface area contributed by atoms with Crippen molar-refractivity contribution < 1.29 is 14.1 Å². The number of amides is 1. The van der Waals surface area contributed by atoms with Crippen LogP contribution in [0, 0.1) is 10.1 Å². The van der Waals surface area contributed by atoms with Crippen molar-refractivity contribution in [3.05, 3.63) is 81.6 Å². The molecule has 1 saturated heterocycles. The molecular formula is C21H18ClN3O4. The zero-order valence-corrected chi connectivity index (χ0v) is 16.2. The number of anilines is 1. The van der Waals surface area contributed by atoms with E-state index in [1.54, 1.807) is 29.2 Å². The summed E-state index contributed by atoms with van der Waals surface area (Å²) >= 11 is 6.06. The molecule has 0 unspecified atom stereocenters. The highest BCUT2D eigenvalue weighted by atomic mass is 35.5. The Labute approximate surface area is 172 Å². The molecule has 3 aromatic rings. The summed E-state index contributed by atoms with van der Waals surface area (Å²) in [7, 11) is 0. The van der Waals surface area contributed by atoms with Crippen molar-refractivity contribution in [1.82, 2.24) is 4.90 Å². The first-order chi connectivity index (χ1) is 14.0. The summed E-state index contributed by atoms with van der Waals surface area (Å²) < 4.78 is 5.72. The highest BCUT2D eigenvalue weighted by molar-refractivity contribution is 6.30. The number of halogens is 1. The van der Waals surface area contributed by atoms with E-state index in [1.165, 1.54) is 12.1 Å². The van der Waals surface area contributed by atoms with Gasteiger partial charge in [-0.25, -0.2) is 0 Å². The molecule has 4 rings (SSSR count). The second-order valence-corrected chi connectivity index (χ2v) is 7.16. The number of non-ortho nitro benzene ring substituents is 1. The van der Waals surface area contributed by atoms with Crippen LogP contribution in [0.25, 0.3) is 11.3 Å². The number of benzene rings is 2. The third-order valence-electron chi connectivity index (χ3n) is 4.92. The van der Waals surface area contributed by atoms with Gasteiger partial charge in [0.2, 0.25) is 0 Å². The Morgan fingerprint density at radius 3 is 2.38 bits per heavy atom. The molecule has 0 atom stereocenters. The first kappa shape index (κ1) is 19.0. The van der Waals surface area contributed by atoms with E-state index >= 15 is 0 Å². The van der Waals surface area contributed by atoms with E-state index < -0.39 is 4.92 Å². The number of carbonyl (C=O) groups is 1. The highest BCUT2D eigenvalue weighted by Crippen LogP contribution is 2.26. The molecule has 2 heterocycles. The van der Waals surface area contributed by atoms with Crippen LogP contribution in [0.5, 0.6) is 0 Å².